The summed E-state index contributed by atoms with van der Waals surface area (Å²) in [5.74, 6) is -0.715. The van der Waals surface area contributed by atoms with Crippen molar-refractivity contribution in [3.05, 3.63) is 71.3 Å². The molecule has 2 aromatic rings. The van der Waals surface area contributed by atoms with Crippen molar-refractivity contribution in [2.45, 2.75) is 25.5 Å². The van der Waals surface area contributed by atoms with Crippen LogP contribution < -0.4 is 5.32 Å². The highest BCUT2D eigenvalue weighted by Crippen LogP contribution is 2.22. The molecule has 2 nitrogen and oxygen atoms in total. The van der Waals surface area contributed by atoms with Gasteiger partial charge in [-0.1, -0.05) is 30.3 Å². The van der Waals surface area contributed by atoms with Crippen molar-refractivity contribution < 1.29 is 13.9 Å². The Labute approximate surface area is 123 Å². The van der Waals surface area contributed by atoms with Crippen LogP contribution in [0.4, 0.5) is 8.78 Å². The summed E-state index contributed by atoms with van der Waals surface area (Å²) >= 11 is 0. The van der Waals surface area contributed by atoms with Gasteiger partial charge in [-0.25, -0.2) is 8.78 Å². The van der Waals surface area contributed by atoms with Crippen LogP contribution in [0.2, 0.25) is 0 Å². The number of rotatable bonds is 5. The van der Waals surface area contributed by atoms with E-state index >= 15 is 0 Å². The third kappa shape index (κ3) is 3.86. The van der Waals surface area contributed by atoms with Crippen LogP contribution in [0.1, 0.15) is 31.1 Å². The SMILES string of the molecule is CC(C)(NCC(O)c1ccccc1F)c1ccc(F)cc1. The molecule has 112 valence electrons. The molecule has 0 bridgehead atoms. The van der Waals surface area contributed by atoms with Gasteiger partial charge in [0.25, 0.3) is 0 Å². The molecular weight excluding hydrogens is 272 g/mol. The maximum Gasteiger partial charge on any atom is 0.129 e. The lowest BCUT2D eigenvalue weighted by atomic mass is 9.93. The maximum atomic E-state index is 13.6. The Bertz CT molecular complexity index is 596. The monoisotopic (exact) mass is 291 g/mol. The predicted octanol–water partition coefficient (Wildman–Crippen LogP) is 3.52. The minimum Gasteiger partial charge on any atom is -0.387 e. The molecule has 2 rings (SSSR count). The number of aliphatic hydroxyl groups excluding tert-OH is 1. The van der Waals surface area contributed by atoms with Crippen molar-refractivity contribution in [3.63, 3.8) is 0 Å². The molecule has 21 heavy (non-hydrogen) atoms. The van der Waals surface area contributed by atoms with Gasteiger partial charge in [-0.3, -0.25) is 0 Å². The van der Waals surface area contributed by atoms with E-state index in [1.54, 1.807) is 30.3 Å². The fraction of sp³-hybridized carbons (Fsp3) is 0.294. The normalized spacial score (nSPS) is 13.2. The quantitative estimate of drug-likeness (QED) is 0.883. The van der Waals surface area contributed by atoms with E-state index in [-0.39, 0.29) is 17.9 Å². The first-order chi connectivity index (χ1) is 9.90. The van der Waals surface area contributed by atoms with Gasteiger partial charge in [-0.2, -0.15) is 0 Å². The van der Waals surface area contributed by atoms with Gasteiger partial charge in [0.05, 0.1) is 6.10 Å². The van der Waals surface area contributed by atoms with Crippen LogP contribution in [-0.2, 0) is 5.54 Å². The third-order valence-corrected chi connectivity index (χ3v) is 3.57. The van der Waals surface area contributed by atoms with Crippen molar-refractivity contribution >= 4 is 0 Å². The van der Waals surface area contributed by atoms with Crippen LogP contribution >= 0.6 is 0 Å². The van der Waals surface area contributed by atoms with Crippen molar-refractivity contribution in [2.75, 3.05) is 6.54 Å². The van der Waals surface area contributed by atoms with Crippen molar-refractivity contribution in [1.82, 2.24) is 5.32 Å². The van der Waals surface area contributed by atoms with Gasteiger partial charge in [-0.05, 0) is 37.6 Å². The Morgan fingerprint density at radius 1 is 1.05 bits per heavy atom. The van der Waals surface area contributed by atoms with Crippen molar-refractivity contribution in [3.8, 4) is 0 Å². The molecule has 0 saturated heterocycles. The number of nitrogens with one attached hydrogen (secondary N) is 1. The zero-order chi connectivity index (χ0) is 15.5. The van der Waals surface area contributed by atoms with E-state index < -0.39 is 17.5 Å². The first-order valence-electron chi connectivity index (χ1n) is 6.84. The van der Waals surface area contributed by atoms with Crippen LogP contribution in [0.15, 0.2) is 48.5 Å². The minimum absolute atomic E-state index is 0.200. The molecule has 0 aromatic heterocycles. The first-order valence-corrected chi connectivity index (χ1v) is 6.84. The second-order valence-electron chi connectivity index (χ2n) is 5.55. The highest BCUT2D eigenvalue weighted by Gasteiger charge is 2.22. The molecule has 2 aromatic carbocycles. The number of hydrogen-bond donors (Lipinski definition) is 2. The maximum absolute atomic E-state index is 13.6. The van der Waals surface area contributed by atoms with Gasteiger partial charge < -0.3 is 10.4 Å². The Hall–Kier alpha value is -1.78. The van der Waals surface area contributed by atoms with Crippen molar-refractivity contribution in [1.29, 1.82) is 0 Å². The molecule has 0 radical (unpaired) electrons. The molecule has 0 fully saturated rings. The lowest BCUT2D eigenvalue weighted by Gasteiger charge is -2.28. The molecule has 0 aliphatic carbocycles. The molecule has 0 amide bonds. The lowest BCUT2D eigenvalue weighted by molar-refractivity contribution is 0.156. The standard InChI is InChI=1S/C17H19F2NO/c1-17(2,12-7-9-13(18)10-8-12)20-11-16(21)14-5-3-4-6-15(14)19/h3-10,16,20-21H,11H2,1-2H3. The smallest absolute Gasteiger partial charge is 0.129 e. The predicted molar refractivity (Wildman–Crippen MR) is 78.8 cm³/mol. The topological polar surface area (TPSA) is 32.3 Å². The van der Waals surface area contributed by atoms with Crippen LogP contribution in [0.25, 0.3) is 0 Å². The fourth-order valence-electron chi connectivity index (χ4n) is 2.18. The largest absolute Gasteiger partial charge is 0.387 e. The molecule has 0 spiro atoms. The van der Waals surface area contributed by atoms with Gasteiger partial charge in [0.2, 0.25) is 0 Å². The number of aliphatic hydroxyl groups is 1. The summed E-state index contributed by atoms with van der Waals surface area (Å²) in [6.45, 7) is 4.05. The van der Waals surface area contributed by atoms with E-state index in [0.29, 0.717) is 0 Å². The highest BCUT2D eigenvalue weighted by atomic mass is 19.1. The molecule has 0 aliphatic rings. The Balaban J connectivity index is 2.04. The third-order valence-electron chi connectivity index (χ3n) is 3.57. The summed E-state index contributed by atoms with van der Waals surface area (Å²) in [7, 11) is 0. The molecule has 1 unspecified atom stereocenters. The minimum atomic E-state index is -0.939. The summed E-state index contributed by atoms with van der Waals surface area (Å²) in [4.78, 5) is 0. The average molecular weight is 291 g/mol. The zero-order valence-corrected chi connectivity index (χ0v) is 12.1. The van der Waals surface area contributed by atoms with E-state index in [4.69, 9.17) is 0 Å². The van der Waals surface area contributed by atoms with Gasteiger partial charge in [0.15, 0.2) is 0 Å². The average Bonchev–Trinajstić information content (AvgIpc) is 2.46. The molecule has 2 N–H and O–H groups in total. The molecule has 0 saturated carbocycles. The Morgan fingerprint density at radius 2 is 1.67 bits per heavy atom. The fourth-order valence-corrected chi connectivity index (χ4v) is 2.18. The van der Waals surface area contributed by atoms with E-state index in [2.05, 4.69) is 5.32 Å². The molecule has 0 aliphatic heterocycles. The Kier molecular flexibility index (Phi) is 4.70. The van der Waals surface area contributed by atoms with Gasteiger partial charge >= 0.3 is 0 Å². The molecule has 0 heterocycles. The van der Waals surface area contributed by atoms with E-state index in [1.807, 2.05) is 13.8 Å². The molecule has 4 heteroatoms. The van der Waals surface area contributed by atoms with E-state index in [1.165, 1.54) is 18.2 Å². The molecule has 1 atom stereocenters. The van der Waals surface area contributed by atoms with Crippen LogP contribution in [0.3, 0.4) is 0 Å². The highest BCUT2D eigenvalue weighted by molar-refractivity contribution is 5.24. The lowest BCUT2D eigenvalue weighted by Crippen LogP contribution is -2.39. The van der Waals surface area contributed by atoms with Gasteiger partial charge in [0, 0.05) is 17.6 Å². The molecular formula is C17H19F2NO. The second kappa shape index (κ2) is 6.33. The van der Waals surface area contributed by atoms with E-state index in [0.717, 1.165) is 5.56 Å². The second-order valence-corrected chi connectivity index (χ2v) is 5.55. The van der Waals surface area contributed by atoms with Crippen LogP contribution in [-0.4, -0.2) is 11.7 Å². The summed E-state index contributed by atoms with van der Waals surface area (Å²) in [6.07, 6.45) is -0.939. The van der Waals surface area contributed by atoms with Gasteiger partial charge in [-0.15, -0.1) is 0 Å². The van der Waals surface area contributed by atoms with Crippen LogP contribution in [0.5, 0.6) is 0 Å². The summed E-state index contributed by atoms with van der Waals surface area (Å²) in [5, 5.41) is 13.3. The number of halogens is 2. The summed E-state index contributed by atoms with van der Waals surface area (Å²) in [5.41, 5.74) is 0.699. The number of benzene rings is 2. The van der Waals surface area contributed by atoms with Crippen molar-refractivity contribution in [2.24, 2.45) is 0 Å². The summed E-state index contributed by atoms with van der Waals surface area (Å²) < 4.78 is 26.6. The summed E-state index contributed by atoms with van der Waals surface area (Å²) in [6, 6.07) is 12.3. The first kappa shape index (κ1) is 15.6. The van der Waals surface area contributed by atoms with E-state index in [9.17, 15) is 13.9 Å². The Morgan fingerprint density at radius 3 is 2.29 bits per heavy atom. The van der Waals surface area contributed by atoms with Crippen LogP contribution in [0, 0.1) is 11.6 Å². The zero-order valence-electron chi connectivity index (χ0n) is 12.1. The number of hydrogen-bond acceptors (Lipinski definition) is 2. The van der Waals surface area contributed by atoms with Gasteiger partial charge in [0.1, 0.15) is 11.6 Å².